The Morgan fingerprint density at radius 3 is 2.92 bits per heavy atom. The number of aromatic nitrogens is 2. The van der Waals surface area contributed by atoms with Crippen LogP contribution in [0.15, 0.2) is 36.4 Å². The third-order valence-corrected chi connectivity index (χ3v) is 4.40. The summed E-state index contributed by atoms with van der Waals surface area (Å²) < 4.78 is 7.56. The number of rotatable bonds is 5. The molecule has 2 amide bonds. The van der Waals surface area contributed by atoms with Crippen molar-refractivity contribution >= 4 is 11.8 Å². The summed E-state index contributed by atoms with van der Waals surface area (Å²) in [6.45, 7) is 3.89. The van der Waals surface area contributed by atoms with Crippen LogP contribution in [-0.2, 0) is 24.6 Å². The van der Waals surface area contributed by atoms with Gasteiger partial charge in [0.2, 0.25) is 0 Å². The van der Waals surface area contributed by atoms with Crippen molar-refractivity contribution in [3.63, 3.8) is 0 Å². The monoisotopic (exact) mass is 342 g/mol. The number of nitrogens with zero attached hydrogens (tertiary/aromatic N) is 3. The minimum Gasteiger partial charge on any atom is -0.374 e. The summed E-state index contributed by atoms with van der Waals surface area (Å²) in [5, 5.41) is 7.40. The van der Waals surface area contributed by atoms with Gasteiger partial charge in [0, 0.05) is 32.6 Å². The Labute approximate surface area is 148 Å². The maximum absolute atomic E-state index is 12.6. The average Bonchev–Trinajstić information content (AvgIpc) is 2.95. The van der Waals surface area contributed by atoms with E-state index in [9.17, 15) is 4.79 Å². The first-order valence-corrected chi connectivity index (χ1v) is 8.90. The molecule has 1 aromatic carbocycles. The molecule has 1 N–H and O–H groups in total. The lowest BCUT2D eigenvalue weighted by molar-refractivity contribution is -0.0113. The first-order chi connectivity index (χ1) is 12.2. The SMILES string of the molecule is CCCc1cc(NC(=O)N2CCO[C@@H](Cc3ccccc3)C2)n(C)n1. The molecule has 0 spiro atoms. The number of hydrogen-bond donors (Lipinski definition) is 1. The Bertz CT molecular complexity index is 699. The summed E-state index contributed by atoms with van der Waals surface area (Å²) in [7, 11) is 1.85. The van der Waals surface area contributed by atoms with Gasteiger partial charge in [-0.2, -0.15) is 5.10 Å². The fraction of sp³-hybridized carbons (Fsp3) is 0.474. The van der Waals surface area contributed by atoms with Crippen molar-refractivity contribution in [1.82, 2.24) is 14.7 Å². The molecule has 1 atom stereocenters. The maximum atomic E-state index is 12.6. The van der Waals surface area contributed by atoms with Gasteiger partial charge in [0.25, 0.3) is 0 Å². The van der Waals surface area contributed by atoms with Gasteiger partial charge in [-0.1, -0.05) is 43.7 Å². The normalized spacial score (nSPS) is 17.5. The van der Waals surface area contributed by atoms with Crippen LogP contribution in [0.4, 0.5) is 10.6 Å². The molecule has 25 heavy (non-hydrogen) atoms. The molecule has 3 rings (SSSR count). The third-order valence-electron chi connectivity index (χ3n) is 4.40. The zero-order valence-electron chi connectivity index (χ0n) is 14.9. The highest BCUT2D eigenvalue weighted by molar-refractivity contribution is 5.88. The molecule has 0 radical (unpaired) electrons. The van der Waals surface area contributed by atoms with Crippen LogP contribution in [0.25, 0.3) is 0 Å². The van der Waals surface area contributed by atoms with E-state index < -0.39 is 0 Å². The quantitative estimate of drug-likeness (QED) is 0.909. The van der Waals surface area contributed by atoms with E-state index in [0.717, 1.165) is 30.8 Å². The summed E-state index contributed by atoms with van der Waals surface area (Å²) in [5.74, 6) is 0.736. The van der Waals surface area contributed by atoms with Crippen molar-refractivity contribution in [2.45, 2.75) is 32.3 Å². The number of nitrogens with one attached hydrogen (secondary N) is 1. The molecule has 0 unspecified atom stereocenters. The van der Waals surface area contributed by atoms with Crippen molar-refractivity contribution in [2.24, 2.45) is 7.05 Å². The van der Waals surface area contributed by atoms with Crippen molar-refractivity contribution in [3.05, 3.63) is 47.7 Å². The van der Waals surface area contributed by atoms with Crippen LogP contribution in [0.2, 0.25) is 0 Å². The number of carbonyl (C=O) groups excluding carboxylic acids is 1. The van der Waals surface area contributed by atoms with Crippen LogP contribution in [0, 0.1) is 0 Å². The van der Waals surface area contributed by atoms with Crippen LogP contribution < -0.4 is 5.32 Å². The molecule has 1 aromatic heterocycles. The van der Waals surface area contributed by atoms with Gasteiger partial charge in [-0.15, -0.1) is 0 Å². The van der Waals surface area contributed by atoms with Gasteiger partial charge < -0.3 is 9.64 Å². The van der Waals surface area contributed by atoms with E-state index in [2.05, 4.69) is 29.5 Å². The van der Waals surface area contributed by atoms with Crippen LogP contribution in [0.5, 0.6) is 0 Å². The smallest absolute Gasteiger partial charge is 0.323 e. The highest BCUT2D eigenvalue weighted by Gasteiger charge is 2.25. The molecule has 134 valence electrons. The van der Waals surface area contributed by atoms with Crippen LogP contribution in [0.3, 0.4) is 0 Å². The fourth-order valence-electron chi connectivity index (χ4n) is 3.11. The Hall–Kier alpha value is -2.34. The van der Waals surface area contributed by atoms with E-state index in [4.69, 9.17) is 4.74 Å². The molecule has 0 aliphatic carbocycles. The summed E-state index contributed by atoms with van der Waals surface area (Å²) >= 11 is 0. The molecule has 1 aliphatic rings. The predicted molar refractivity (Wildman–Crippen MR) is 97.7 cm³/mol. The zero-order chi connectivity index (χ0) is 17.6. The first kappa shape index (κ1) is 17.5. The Morgan fingerprint density at radius 2 is 2.16 bits per heavy atom. The molecule has 1 saturated heterocycles. The maximum Gasteiger partial charge on any atom is 0.323 e. The van der Waals surface area contributed by atoms with Gasteiger partial charge >= 0.3 is 6.03 Å². The molecule has 2 aromatic rings. The summed E-state index contributed by atoms with van der Waals surface area (Å²) in [4.78, 5) is 14.4. The topological polar surface area (TPSA) is 59.4 Å². The van der Waals surface area contributed by atoms with Crippen LogP contribution in [-0.4, -0.2) is 46.5 Å². The number of benzene rings is 1. The van der Waals surface area contributed by atoms with Gasteiger partial charge in [0.15, 0.2) is 0 Å². The lowest BCUT2D eigenvalue weighted by Gasteiger charge is -2.33. The van der Waals surface area contributed by atoms with E-state index in [1.807, 2.05) is 36.2 Å². The zero-order valence-corrected chi connectivity index (χ0v) is 14.9. The Balaban J connectivity index is 1.58. The molecule has 0 bridgehead atoms. The van der Waals surface area contributed by atoms with Crippen LogP contribution in [0.1, 0.15) is 24.6 Å². The number of ether oxygens (including phenoxy) is 1. The molecular formula is C19H26N4O2. The Morgan fingerprint density at radius 1 is 1.36 bits per heavy atom. The average molecular weight is 342 g/mol. The second-order valence-corrected chi connectivity index (χ2v) is 6.45. The minimum atomic E-state index is -0.0904. The van der Waals surface area contributed by atoms with E-state index in [0.29, 0.717) is 19.7 Å². The first-order valence-electron chi connectivity index (χ1n) is 8.90. The lowest BCUT2D eigenvalue weighted by Crippen LogP contribution is -2.48. The lowest BCUT2D eigenvalue weighted by atomic mass is 10.1. The second-order valence-electron chi connectivity index (χ2n) is 6.45. The van der Waals surface area contributed by atoms with E-state index in [-0.39, 0.29) is 12.1 Å². The molecule has 6 heteroatoms. The Kier molecular flexibility index (Phi) is 5.71. The van der Waals surface area contributed by atoms with Gasteiger partial charge in [-0.25, -0.2) is 4.79 Å². The van der Waals surface area contributed by atoms with Crippen molar-refractivity contribution in [2.75, 3.05) is 25.0 Å². The molecule has 2 heterocycles. The van der Waals surface area contributed by atoms with Crippen molar-refractivity contribution in [1.29, 1.82) is 0 Å². The third kappa shape index (κ3) is 4.60. The van der Waals surface area contributed by atoms with E-state index >= 15 is 0 Å². The van der Waals surface area contributed by atoms with Gasteiger partial charge in [0.1, 0.15) is 5.82 Å². The van der Waals surface area contributed by atoms with E-state index in [1.165, 1.54) is 5.56 Å². The largest absolute Gasteiger partial charge is 0.374 e. The van der Waals surface area contributed by atoms with E-state index in [1.54, 1.807) is 4.68 Å². The molecule has 6 nitrogen and oxygen atoms in total. The fourth-order valence-corrected chi connectivity index (χ4v) is 3.11. The molecule has 1 fully saturated rings. The second kappa shape index (κ2) is 8.16. The van der Waals surface area contributed by atoms with Gasteiger partial charge in [0.05, 0.1) is 18.4 Å². The van der Waals surface area contributed by atoms with Crippen molar-refractivity contribution in [3.8, 4) is 0 Å². The number of morpholine rings is 1. The number of amides is 2. The van der Waals surface area contributed by atoms with Gasteiger partial charge in [-0.05, 0) is 12.0 Å². The minimum absolute atomic E-state index is 0.0316. The van der Waals surface area contributed by atoms with Crippen molar-refractivity contribution < 1.29 is 9.53 Å². The molecular weight excluding hydrogens is 316 g/mol. The number of aryl methyl sites for hydroxylation is 2. The number of urea groups is 1. The highest BCUT2D eigenvalue weighted by atomic mass is 16.5. The van der Waals surface area contributed by atoms with Gasteiger partial charge in [-0.3, -0.25) is 10.00 Å². The summed E-state index contributed by atoms with van der Waals surface area (Å²) in [6.07, 6.45) is 2.80. The predicted octanol–water partition coefficient (Wildman–Crippen LogP) is 2.85. The summed E-state index contributed by atoms with van der Waals surface area (Å²) in [6, 6.07) is 12.1. The molecule has 1 aliphatic heterocycles. The number of hydrogen-bond acceptors (Lipinski definition) is 3. The summed E-state index contributed by atoms with van der Waals surface area (Å²) in [5.41, 5.74) is 2.23. The number of anilines is 1. The highest BCUT2D eigenvalue weighted by Crippen LogP contribution is 2.15. The number of carbonyl (C=O) groups is 1. The standard InChI is InChI=1S/C19H26N4O2/c1-3-7-16-13-18(22(2)21-16)20-19(24)23-10-11-25-17(14-23)12-15-8-5-4-6-9-15/h4-6,8-9,13,17H,3,7,10-12,14H2,1-2H3,(H,20,24)/t17-/m0/s1. The molecule has 0 saturated carbocycles. The van der Waals surface area contributed by atoms with Crippen LogP contribution >= 0.6 is 0 Å².